The molecule has 0 aliphatic heterocycles. The van der Waals surface area contributed by atoms with Crippen LogP contribution < -0.4 is 15.3 Å². The lowest BCUT2D eigenvalue weighted by Crippen LogP contribution is -2.10. The number of para-hydroxylation sites is 2. The van der Waals surface area contributed by atoms with E-state index in [1.54, 1.807) is 74.0 Å². The van der Waals surface area contributed by atoms with Gasteiger partial charge >= 0.3 is 0 Å². The Balaban J connectivity index is 0.000000192. The lowest BCUT2D eigenvalue weighted by Gasteiger charge is -2.12. The van der Waals surface area contributed by atoms with Crippen LogP contribution in [0.3, 0.4) is 0 Å². The minimum Gasteiger partial charge on any atom is -0.508 e. The quantitative estimate of drug-likeness (QED) is 0.401. The molecule has 4 N–H and O–H groups in total. The van der Waals surface area contributed by atoms with Crippen LogP contribution in [0.25, 0.3) is 0 Å². The van der Waals surface area contributed by atoms with Crippen LogP contribution in [0.5, 0.6) is 11.5 Å². The first-order chi connectivity index (χ1) is 16.0. The number of ketones is 1. The molecule has 0 fully saturated rings. The Hall–Kier alpha value is -4.33. The third-order valence-corrected chi connectivity index (χ3v) is 4.15. The number of phenols is 1. The summed E-state index contributed by atoms with van der Waals surface area (Å²) in [5.41, 5.74) is 4.19. The van der Waals surface area contributed by atoms with Crippen LogP contribution in [-0.2, 0) is 4.79 Å². The van der Waals surface area contributed by atoms with E-state index in [4.69, 9.17) is 15.1 Å². The topological polar surface area (TPSA) is 102 Å². The Kier molecular flexibility index (Phi) is 10.5. The van der Waals surface area contributed by atoms with Gasteiger partial charge in [-0.3, -0.25) is 20.7 Å². The normalized spacial score (nSPS) is 11.4. The minimum atomic E-state index is -0.0404. The number of carbonyl (C=O) groups is 1. The Labute approximate surface area is 192 Å². The van der Waals surface area contributed by atoms with Crippen molar-refractivity contribution >= 4 is 17.2 Å². The third kappa shape index (κ3) is 9.56. The number of rotatable bonds is 4. The Bertz CT molecular complexity index is 1040. The van der Waals surface area contributed by atoms with Gasteiger partial charge in [0.2, 0.25) is 0 Å². The second-order valence-corrected chi connectivity index (χ2v) is 6.55. The first-order valence-corrected chi connectivity index (χ1v) is 9.95. The summed E-state index contributed by atoms with van der Waals surface area (Å²) in [6, 6.07) is 24.8. The van der Waals surface area contributed by atoms with E-state index in [2.05, 4.69) is 0 Å². The van der Waals surface area contributed by atoms with Gasteiger partial charge in [-0.2, -0.15) is 0 Å². The van der Waals surface area contributed by atoms with Gasteiger partial charge in [-0.1, -0.05) is 36.4 Å². The predicted octanol–water partition coefficient (Wildman–Crippen LogP) is 5.35. The molecule has 1 aliphatic carbocycles. The number of benzene rings is 3. The summed E-state index contributed by atoms with van der Waals surface area (Å²) in [4.78, 5) is 10.9. The number of anilines is 2. The molecule has 0 heterocycles. The number of hydrogen-bond acceptors (Lipinski definition) is 7. The molecular weight excluding hydrogens is 420 g/mol. The van der Waals surface area contributed by atoms with E-state index in [1.165, 1.54) is 12.2 Å². The molecule has 0 radical (unpaired) electrons. The molecule has 0 atom stereocenters. The Morgan fingerprint density at radius 1 is 0.818 bits per heavy atom. The number of nitrogens with one attached hydrogen (secondary N) is 1. The van der Waals surface area contributed by atoms with Crippen molar-refractivity contribution in [1.82, 2.24) is 0 Å². The summed E-state index contributed by atoms with van der Waals surface area (Å²) in [6.07, 6.45) is 7.80. The van der Waals surface area contributed by atoms with Crippen LogP contribution in [0.4, 0.5) is 11.4 Å². The number of methoxy groups -OCH3 is 1. The first kappa shape index (κ1) is 24.9. The van der Waals surface area contributed by atoms with Crippen molar-refractivity contribution in [1.29, 1.82) is 0 Å². The summed E-state index contributed by atoms with van der Waals surface area (Å²) in [5, 5.41) is 27.9. The zero-order chi connectivity index (χ0) is 23.9. The number of aromatic hydroxyl groups is 1. The second kappa shape index (κ2) is 13.9. The zero-order valence-corrected chi connectivity index (χ0v) is 18.1. The lowest BCUT2D eigenvalue weighted by atomic mass is 10.1. The van der Waals surface area contributed by atoms with E-state index < -0.39 is 0 Å². The van der Waals surface area contributed by atoms with Gasteiger partial charge in [0.05, 0.1) is 18.5 Å². The molecule has 1 aliphatic rings. The van der Waals surface area contributed by atoms with Crippen LogP contribution in [0, 0.1) is 0 Å². The highest BCUT2D eigenvalue weighted by molar-refractivity contribution is 6.01. The van der Waals surface area contributed by atoms with Gasteiger partial charge in [-0.05, 0) is 78.4 Å². The summed E-state index contributed by atoms with van der Waals surface area (Å²) in [5.74, 6) is 0.977. The molecule has 0 aromatic heterocycles. The van der Waals surface area contributed by atoms with Gasteiger partial charge in [0.1, 0.15) is 11.5 Å². The smallest absolute Gasteiger partial charge is 0.178 e. The molecule has 170 valence electrons. The van der Waals surface area contributed by atoms with Crippen molar-refractivity contribution in [3.8, 4) is 11.5 Å². The van der Waals surface area contributed by atoms with Crippen LogP contribution in [0.1, 0.15) is 0 Å². The Morgan fingerprint density at radius 2 is 1.36 bits per heavy atom. The maximum Gasteiger partial charge on any atom is 0.178 e. The molecule has 3 aromatic carbocycles. The van der Waals surface area contributed by atoms with Crippen molar-refractivity contribution in [2.24, 2.45) is 0 Å². The van der Waals surface area contributed by atoms with Crippen molar-refractivity contribution in [2.75, 3.05) is 17.7 Å². The molecule has 0 bridgehead atoms. The minimum absolute atomic E-state index is 0.0404. The van der Waals surface area contributed by atoms with E-state index in [0.29, 0.717) is 11.4 Å². The first-order valence-electron chi connectivity index (χ1n) is 9.95. The number of hydroxylamine groups is 1. The zero-order valence-electron chi connectivity index (χ0n) is 18.1. The van der Waals surface area contributed by atoms with Gasteiger partial charge in [0.25, 0.3) is 0 Å². The fourth-order valence-electron chi connectivity index (χ4n) is 2.45. The lowest BCUT2D eigenvalue weighted by molar-refractivity contribution is -0.110. The molecular formula is C26H26N2O5. The van der Waals surface area contributed by atoms with Crippen molar-refractivity contribution < 1.29 is 25.1 Å². The average Bonchev–Trinajstić information content (AvgIpc) is 2.88. The van der Waals surface area contributed by atoms with E-state index in [9.17, 15) is 10.0 Å². The maximum atomic E-state index is 10.9. The van der Waals surface area contributed by atoms with Crippen LogP contribution in [0.15, 0.2) is 121 Å². The number of ether oxygens (including phenoxy) is 1. The van der Waals surface area contributed by atoms with Gasteiger partial charge in [0, 0.05) is 6.20 Å². The molecule has 0 unspecified atom stereocenters. The number of phenolic OH excluding ortho intramolecular Hbond substituents is 1. The predicted molar refractivity (Wildman–Crippen MR) is 129 cm³/mol. The fourth-order valence-corrected chi connectivity index (χ4v) is 2.45. The molecule has 7 heteroatoms. The summed E-state index contributed by atoms with van der Waals surface area (Å²) in [6.45, 7) is 0. The highest BCUT2D eigenvalue weighted by Gasteiger charge is 2.02. The highest BCUT2D eigenvalue weighted by Crippen LogP contribution is 2.15. The van der Waals surface area contributed by atoms with Gasteiger partial charge in [-0.15, -0.1) is 0 Å². The average molecular weight is 447 g/mol. The van der Waals surface area contributed by atoms with Crippen molar-refractivity contribution in [3.05, 3.63) is 121 Å². The number of nitrogens with zero attached hydrogens (tertiary/aromatic N) is 1. The molecule has 0 spiro atoms. The van der Waals surface area contributed by atoms with Gasteiger partial charge < -0.3 is 9.84 Å². The summed E-state index contributed by atoms with van der Waals surface area (Å²) in [7, 11) is 1.59. The number of carbonyl (C=O) groups excluding carboxylic acids is 1. The van der Waals surface area contributed by atoms with Crippen LogP contribution in [-0.4, -0.2) is 28.4 Å². The van der Waals surface area contributed by atoms with Crippen LogP contribution >= 0.6 is 0 Å². The highest BCUT2D eigenvalue weighted by atomic mass is 16.5. The van der Waals surface area contributed by atoms with Gasteiger partial charge in [0.15, 0.2) is 5.78 Å². The maximum absolute atomic E-state index is 10.9. The molecule has 0 amide bonds. The Morgan fingerprint density at radius 3 is 1.85 bits per heavy atom. The number of hydrogen-bond donors (Lipinski definition) is 4. The molecule has 4 rings (SSSR count). The van der Waals surface area contributed by atoms with Crippen molar-refractivity contribution in [2.45, 2.75) is 0 Å². The second-order valence-electron chi connectivity index (χ2n) is 6.55. The van der Waals surface area contributed by atoms with E-state index in [1.807, 2.05) is 41.9 Å². The largest absolute Gasteiger partial charge is 0.508 e. The molecule has 33 heavy (non-hydrogen) atoms. The summed E-state index contributed by atoms with van der Waals surface area (Å²) < 4.78 is 4.86. The van der Waals surface area contributed by atoms with Gasteiger partial charge in [-0.25, -0.2) is 5.06 Å². The third-order valence-electron chi connectivity index (χ3n) is 4.15. The summed E-state index contributed by atoms with van der Waals surface area (Å²) >= 11 is 0. The van der Waals surface area contributed by atoms with E-state index >= 15 is 0 Å². The molecule has 0 saturated heterocycles. The van der Waals surface area contributed by atoms with E-state index in [-0.39, 0.29) is 11.5 Å². The molecule has 7 nitrogen and oxygen atoms in total. The monoisotopic (exact) mass is 446 g/mol. The molecule has 3 aromatic rings. The van der Waals surface area contributed by atoms with Crippen LogP contribution in [0.2, 0.25) is 0 Å². The van der Waals surface area contributed by atoms with E-state index in [0.717, 1.165) is 16.4 Å². The SMILES string of the molecule is COc1ccc(O)cc1.O=C1C=CC(=CN(O)c2ccccc2)C=C1.ONc1ccccc1. The standard InChI is InChI=1S/C13H11NO2.C7H8O2.C6H7NO/c15-13-8-6-11(7-9-13)10-14(16)12-4-2-1-3-5-12;1-9-7-4-2-6(8)3-5-7;8-7-6-4-2-1-3-5-6/h1-10,16H;2-5,8H,1H3;1-5,7-8H. The molecule has 0 saturated carbocycles. The van der Waals surface area contributed by atoms with Crippen molar-refractivity contribution in [3.63, 3.8) is 0 Å². The number of allylic oxidation sites excluding steroid dienone is 5. The fraction of sp³-hybridized carbons (Fsp3) is 0.0385.